The monoisotopic (exact) mass is 406 g/mol. The van der Waals surface area contributed by atoms with Crippen LogP contribution in [0.2, 0.25) is 0 Å². The summed E-state index contributed by atoms with van der Waals surface area (Å²) < 4.78 is 24.3. The Labute approximate surface area is 150 Å². The van der Waals surface area contributed by atoms with Crippen LogP contribution in [0.3, 0.4) is 0 Å². The van der Waals surface area contributed by atoms with Gasteiger partial charge in [0, 0.05) is 10.0 Å². The number of rotatable bonds is 4. The minimum absolute atomic E-state index is 0.0134. The molecule has 1 N–H and O–H groups in total. The Morgan fingerprint density at radius 3 is 2.68 bits per heavy atom. The molecule has 0 saturated heterocycles. The quantitative estimate of drug-likeness (QED) is 0.651. The van der Waals surface area contributed by atoms with Crippen LogP contribution in [-0.2, 0) is 4.74 Å². The lowest BCUT2D eigenvalue weighted by Crippen LogP contribution is -2.10. The second-order valence-electron chi connectivity index (χ2n) is 5.16. The van der Waals surface area contributed by atoms with Gasteiger partial charge in [0.2, 0.25) is 5.89 Å². The molecule has 0 aliphatic rings. The Morgan fingerprint density at radius 2 is 1.96 bits per heavy atom. The highest BCUT2D eigenvalue weighted by atomic mass is 79.9. The summed E-state index contributed by atoms with van der Waals surface area (Å²) in [7, 11) is 0. The van der Waals surface area contributed by atoms with E-state index in [1.54, 1.807) is 13.0 Å². The summed E-state index contributed by atoms with van der Waals surface area (Å²) in [5, 5.41) is 17.5. The average molecular weight is 407 g/mol. The fourth-order valence-electron chi connectivity index (χ4n) is 2.05. The van der Waals surface area contributed by atoms with Gasteiger partial charge < -0.3 is 14.3 Å². The lowest BCUT2D eigenvalue weighted by atomic mass is 10.2. The third kappa shape index (κ3) is 3.85. The minimum Gasteiger partial charge on any atom is -0.507 e. The standard InChI is InChI=1S/C17H12BrFN2O4/c1-9(24-17(23)13-8-11(18)4-7-14(13)22)15-20-21-16(25-15)10-2-5-12(19)6-3-10/h2-9,22H,1H3/t9-/m0/s1. The highest BCUT2D eigenvalue weighted by Gasteiger charge is 2.22. The molecule has 1 heterocycles. The van der Waals surface area contributed by atoms with Crippen molar-refractivity contribution in [1.29, 1.82) is 0 Å². The normalized spacial score (nSPS) is 12.0. The molecule has 0 fully saturated rings. The molecule has 0 radical (unpaired) electrons. The van der Waals surface area contributed by atoms with Gasteiger partial charge in [-0.05, 0) is 49.4 Å². The Hall–Kier alpha value is -2.74. The van der Waals surface area contributed by atoms with Crippen LogP contribution < -0.4 is 0 Å². The van der Waals surface area contributed by atoms with E-state index in [1.165, 1.54) is 36.4 Å². The third-order valence-corrected chi connectivity index (χ3v) is 3.84. The summed E-state index contributed by atoms with van der Waals surface area (Å²) in [5.41, 5.74) is 0.558. The molecule has 0 aliphatic carbocycles. The van der Waals surface area contributed by atoms with Gasteiger partial charge in [-0.3, -0.25) is 0 Å². The fourth-order valence-corrected chi connectivity index (χ4v) is 2.42. The Balaban J connectivity index is 1.75. The number of ether oxygens (including phenoxy) is 1. The molecular formula is C17H12BrFN2O4. The molecule has 0 saturated carbocycles. The number of nitrogens with zero attached hydrogens (tertiary/aromatic N) is 2. The number of hydrogen-bond donors (Lipinski definition) is 1. The molecule has 0 amide bonds. The highest BCUT2D eigenvalue weighted by Crippen LogP contribution is 2.26. The van der Waals surface area contributed by atoms with Crippen LogP contribution in [0, 0.1) is 5.82 Å². The van der Waals surface area contributed by atoms with Gasteiger partial charge >= 0.3 is 5.97 Å². The zero-order valence-electron chi connectivity index (χ0n) is 12.9. The Kier molecular flexibility index (Phi) is 4.80. The van der Waals surface area contributed by atoms with Crippen molar-refractivity contribution in [2.75, 3.05) is 0 Å². The van der Waals surface area contributed by atoms with E-state index in [1.807, 2.05) is 0 Å². The van der Waals surface area contributed by atoms with E-state index in [0.717, 1.165) is 0 Å². The maximum atomic E-state index is 13.0. The first-order valence-electron chi connectivity index (χ1n) is 7.23. The first-order valence-corrected chi connectivity index (χ1v) is 8.02. The fraction of sp³-hybridized carbons (Fsp3) is 0.118. The molecule has 3 aromatic rings. The molecule has 0 spiro atoms. The van der Waals surface area contributed by atoms with Crippen LogP contribution in [-0.4, -0.2) is 21.3 Å². The second kappa shape index (κ2) is 7.02. The van der Waals surface area contributed by atoms with Gasteiger partial charge in [-0.25, -0.2) is 9.18 Å². The number of phenols is 1. The van der Waals surface area contributed by atoms with Crippen molar-refractivity contribution >= 4 is 21.9 Å². The number of aromatic hydroxyl groups is 1. The summed E-state index contributed by atoms with van der Waals surface area (Å²) in [6.07, 6.45) is -0.826. The SMILES string of the molecule is C[C@H](OC(=O)c1cc(Br)ccc1O)c1nnc(-c2ccc(F)cc2)o1. The van der Waals surface area contributed by atoms with Gasteiger partial charge in [0.15, 0.2) is 6.10 Å². The number of halogens is 2. The molecule has 8 heteroatoms. The van der Waals surface area contributed by atoms with Crippen LogP contribution in [0.15, 0.2) is 51.4 Å². The molecule has 3 rings (SSSR count). The van der Waals surface area contributed by atoms with Crippen molar-refractivity contribution in [3.63, 3.8) is 0 Å². The van der Waals surface area contributed by atoms with Crippen LogP contribution in [0.1, 0.15) is 29.3 Å². The van der Waals surface area contributed by atoms with Gasteiger partial charge in [-0.1, -0.05) is 15.9 Å². The molecule has 6 nitrogen and oxygen atoms in total. The van der Waals surface area contributed by atoms with Crippen molar-refractivity contribution < 1.29 is 23.4 Å². The summed E-state index contributed by atoms with van der Waals surface area (Å²) in [6, 6.07) is 9.98. The topological polar surface area (TPSA) is 85.5 Å². The number of phenolic OH excluding ortho intramolecular Hbond substituents is 1. The van der Waals surface area contributed by atoms with Crippen molar-refractivity contribution in [2.45, 2.75) is 13.0 Å². The average Bonchev–Trinajstić information content (AvgIpc) is 3.07. The minimum atomic E-state index is -0.826. The number of carbonyl (C=O) groups excluding carboxylic acids is 1. The molecule has 25 heavy (non-hydrogen) atoms. The molecular weight excluding hydrogens is 395 g/mol. The van der Waals surface area contributed by atoms with Gasteiger partial charge in [-0.15, -0.1) is 10.2 Å². The zero-order valence-corrected chi connectivity index (χ0v) is 14.5. The van der Waals surface area contributed by atoms with Gasteiger partial charge in [0.05, 0.1) is 0 Å². The van der Waals surface area contributed by atoms with E-state index in [-0.39, 0.29) is 28.9 Å². The summed E-state index contributed by atoms with van der Waals surface area (Å²) in [4.78, 5) is 12.2. The zero-order chi connectivity index (χ0) is 18.0. The van der Waals surface area contributed by atoms with Crippen LogP contribution in [0.4, 0.5) is 4.39 Å². The summed E-state index contributed by atoms with van der Waals surface area (Å²) >= 11 is 3.22. The lowest BCUT2D eigenvalue weighted by Gasteiger charge is -2.10. The molecule has 1 atom stereocenters. The third-order valence-electron chi connectivity index (χ3n) is 3.34. The molecule has 2 aromatic carbocycles. The Bertz CT molecular complexity index is 911. The van der Waals surface area contributed by atoms with E-state index in [4.69, 9.17) is 9.15 Å². The molecule has 128 valence electrons. The number of aromatic nitrogens is 2. The van der Waals surface area contributed by atoms with Crippen molar-refractivity contribution in [3.8, 4) is 17.2 Å². The molecule has 1 aromatic heterocycles. The smallest absolute Gasteiger partial charge is 0.342 e. The maximum Gasteiger partial charge on any atom is 0.342 e. The first-order chi connectivity index (χ1) is 11.9. The van der Waals surface area contributed by atoms with Gasteiger partial charge in [-0.2, -0.15) is 0 Å². The van der Waals surface area contributed by atoms with Crippen molar-refractivity contribution in [1.82, 2.24) is 10.2 Å². The van der Waals surface area contributed by atoms with Crippen LogP contribution >= 0.6 is 15.9 Å². The molecule has 0 aliphatic heterocycles. The largest absolute Gasteiger partial charge is 0.507 e. The Morgan fingerprint density at radius 1 is 1.24 bits per heavy atom. The van der Waals surface area contributed by atoms with E-state index >= 15 is 0 Å². The highest BCUT2D eigenvalue weighted by molar-refractivity contribution is 9.10. The number of esters is 1. The van der Waals surface area contributed by atoms with Crippen LogP contribution in [0.5, 0.6) is 5.75 Å². The van der Waals surface area contributed by atoms with Crippen LogP contribution in [0.25, 0.3) is 11.5 Å². The second-order valence-corrected chi connectivity index (χ2v) is 6.08. The molecule has 0 unspecified atom stereocenters. The summed E-state index contributed by atoms with van der Waals surface area (Å²) in [6.45, 7) is 1.56. The summed E-state index contributed by atoms with van der Waals surface area (Å²) in [5.74, 6) is -1.03. The van der Waals surface area contributed by atoms with E-state index < -0.39 is 12.1 Å². The van der Waals surface area contributed by atoms with Gasteiger partial charge in [0.1, 0.15) is 17.1 Å². The lowest BCUT2D eigenvalue weighted by molar-refractivity contribution is 0.0276. The predicted molar refractivity (Wildman–Crippen MR) is 89.3 cm³/mol. The number of hydrogen-bond acceptors (Lipinski definition) is 6. The number of carbonyl (C=O) groups is 1. The van der Waals surface area contributed by atoms with Gasteiger partial charge in [0.25, 0.3) is 5.89 Å². The predicted octanol–water partition coefficient (Wildman–Crippen LogP) is 4.26. The van der Waals surface area contributed by atoms with Crippen molar-refractivity contribution in [3.05, 3.63) is 64.2 Å². The van der Waals surface area contributed by atoms with E-state index in [0.29, 0.717) is 10.0 Å². The molecule has 0 bridgehead atoms. The number of benzene rings is 2. The van der Waals surface area contributed by atoms with Crippen molar-refractivity contribution in [2.24, 2.45) is 0 Å². The first kappa shape index (κ1) is 17.1. The maximum absolute atomic E-state index is 13.0. The van der Waals surface area contributed by atoms with E-state index in [9.17, 15) is 14.3 Å². The van der Waals surface area contributed by atoms with E-state index in [2.05, 4.69) is 26.1 Å².